The van der Waals surface area contributed by atoms with E-state index in [1.807, 2.05) is 0 Å². The first-order valence-corrected chi connectivity index (χ1v) is 14.5. The highest BCUT2D eigenvalue weighted by molar-refractivity contribution is 7.60. The van der Waals surface area contributed by atoms with E-state index >= 15 is 0 Å². The first-order chi connectivity index (χ1) is 19.4. The number of aliphatic hydroxyl groups is 6. The summed E-state index contributed by atoms with van der Waals surface area (Å²) in [5.41, 5.74) is 6.11. The molecule has 9 atom stereocenters. The molecule has 42 heavy (non-hydrogen) atoms. The highest BCUT2D eigenvalue weighted by Gasteiger charge is 2.46. The third-order valence-electron chi connectivity index (χ3n) is 5.43. The Bertz CT molecular complexity index is 1310. The fraction of sp³-hybridized carbons (Fsp3) is 0.611. The van der Waals surface area contributed by atoms with Crippen LogP contribution in [0, 0.1) is 0 Å². The Kier molecular flexibility index (Phi) is 12.5. The fourth-order valence-electron chi connectivity index (χ4n) is 3.46. The highest BCUT2D eigenvalue weighted by atomic mass is 31.3. The molecule has 12 N–H and O–H groups in total. The van der Waals surface area contributed by atoms with E-state index in [0.29, 0.717) is 0 Å². The number of nitrogens with two attached hydrogens (primary N) is 1. The Morgan fingerprint density at radius 1 is 1.17 bits per heavy atom. The Hall–Kier alpha value is -2.53. The molecule has 0 aromatic carbocycles. The van der Waals surface area contributed by atoms with Crippen molar-refractivity contribution >= 4 is 44.8 Å². The number of aromatic nitrogens is 4. The molecule has 238 valence electrons. The van der Waals surface area contributed by atoms with Gasteiger partial charge in [0.1, 0.15) is 60.8 Å². The second-order valence-corrected chi connectivity index (χ2v) is 11.4. The molecule has 2 aromatic heterocycles. The van der Waals surface area contributed by atoms with Crippen LogP contribution in [0.15, 0.2) is 12.7 Å². The summed E-state index contributed by atoms with van der Waals surface area (Å²) in [5.74, 6) is -0.473. The second-order valence-electron chi connectivity index (χ2n) is 8.56. The number of nitrogens with one attached hydrogen (secondary N) is 1. The lowest BCUT2D eigenvalue weighted by Crippen LogP contribution is -2.53. The van der Waals surface area contributed by atoms with Crippen LogP contribution in [-0.2, 0) is 32.3 Å². The van der Waals surface area contributed by atoms with Crippen molar-refractivity contribution in [3.63, 3.8) is 0 Å². The average Bonchev–Trinajstić information content (AvgIpc) is 3.45. The van der Waals surface area contributed by atoms with Gasteiger partial charge in [0.25, 0.3) is 0 Å². The molecule has 0 bridgehead atoms. The van der Waals surface area contributed by atoms with Crippen molar-refractivity contribution in [2.45, 2.75) is 55.8 Å². The van der Waals surface area contributed by atoms with Crippen molar-refractivity contribution in [3.8, 4) is 0 Å². The predicted octanol–water partition coefficient (Wildman–Crippen LogP) is -4.98. The molecule has 1 aliphatic rings. The van der Waals surface area contributed by atoms with Crippen LogP contribution in [0.5, 0.6) is 0 Å². The minimum Gasteiger partial charge on any atom is -0.394 e. The van der Waals surface area contributed by atoms with Crippen molar-refractivity contribution in [1.29, 1.82) is 0 Å². The minimum atomic E-state index is -5.29. The SMILES string of the molecule is CC(=O)N[C@@H](C=O)[C@@H](O)[C@@H](O)[C@H](O)CO.Nc1ncnc2c1ncn2[C@@H]1O[C@H](COP(=O)(O)OP(=O)(O)O)[C@@H](O)[C@H]1O. The Morgan fingerprint density at radius 3 is 2.36 bits per heavy atom. The van der Waals surface area contributed by atoms with Gasteiger partial charge in [-0.05, 0) is 0 Å². The molecular weight excluding hydrogens is 618 g/mol. The lowest BCUT2D eigenvalue weighted by molar-refractivity contribution is -0.129. The van der Waals surface area contributed by atoms with Crippen molar-refractivity contribution in [1.82, 2.24) is 24.8 Å². The van der Waals surface area contributed by atoms with E-state index in [4.69, 9.17) is 30.5 Å². The summed E-state index contributed by atoms with van der Waals surface area (Å²) >= 11 is 0. The van der Waals surface area contributed by atoms with Crippen LogP contribution >= 0.6 is 15.6 Å². The average molecular weight is 648 g/mol. The van der Waals surface area contributed by atoms with Gasteiger partial charge >= 0.3 is 15.6 Å². The van der Waals surface area contributed by atoms with Gasteiger partial charge in [-0.15, -0.1) is 0 Å². The van der Waals surface area contributed by atoms with Gasteiger partial charge in [-0.1, -0.05) is 0 Å². The number of amides is 1. The van der Waals surface area contributed by atoms with E-state index in [1.165, 1.54) is 10.9 Å². The number of ether oxygens (including phenoxy) is 1. The molecule has 0 aliphatic carbocycles. The molecule has 3 rings (SSSR count). The summed E-state index contributed by atoms with van der Waals surface area (Å²) in [6.45, 7) is -0.436. The first kappa shape index (κ1) is 35.7. The number of anilines is 1. The van der Waals surface area contributed by atoms with Gasteiger partial charge < -0.3 is 65.9 Å². The van der Waals surface area contributed by atoms with Gasteiger partial charge in [0.2, 0.25) is 5.91 Å². The molecule has 0 saturated carbocycles. The number of aliphatic hydroxyl groups excluding tert-OH is 6. The van der Waals surface area contributed by atoms with Crippen molar-refractivity contribution in [2.75, 3.05) is 18.9 Å². The van der Waals surface area contributed by atoms with E-state index in [0.717, 1.165) is 13.3 Å². The smallest absolute Gasteiger partial charge is 0.394 e. The number of carbonyl (C=O) groups is 2. The summed E-state index contributed by atoms with van der Waals surface area (Å²) < 4.78 is 36.8. The molecule has 0 spiro atoms. The zero-order chi connectivity index (χ0) is 32.0. The van der Waals surface area contributed by atoms with E-state index < -0.39 is 83.7 Å². The summed E-state index contributed by atoms with van der Waals surface area (Å²) in [6, 6.07) is -1.32. The third-order valence-corrected chi connectivity index (χ3v) is 7.58. The van der Waals surface area contributed by atoms with Gasteiger partial charge in [-0.2, -0.15) is 4.31 Å². The lowest BCUT2D eigenvalue weighted by Gasteiger charge is -2.25. The number of carbonyl (C=O) groups excluding carboxylic acids is 2. The van der Waals surface area contributed by atoms with E-state index in [-0.39, 0.29) is 23.3 Å². The first-order valence-electron chi connectivity index (χ1n) is 11.5. The van der Waals surface area contributed by atoms with Crippen molar-refractivity contribution in [3.05, 3.63) is 12.7 Å². The third kappa shape index (κ3) is 9.49. The number of hydrogen-bond donors (Lipinski definition) is 11. The van der Waals surface area contributed by atoms with Crippen LogP contribution in [0.4, 0.5) is 5.82 Å². The van der Waals surface area contributed by atoms with Gasteiger partial charge in [-0.25, -0.2) is 24.1 Å². The summed E-state index contributed by atoms with van der Waals surface area (Å²) in [7, 11) is -10.4. The topological polar surface area (TPSA) is 360 Å². The number of fused-ring (bicyclic) bond motifs is 1. The number of nitrogens with zero attached hydrogens (tertiary/aromatic N) is 4. The van der Waals surface area contributed by atoms with Crippen molar-refractivity contribution < 1.29 is 77.6 Å². The largest absolute Gasteiger partial charge is 0.481 e. The Balaban J connectivity index is 0.000000351. The van der Waals surface area contributed by atoms with Gasteiger partial charge in [0, 0.05) is 6.92 Å². The maximum absolute atomic E-state index is 11.5. The van der Waals surface area contributed by atoms with Crippen LogP contribution in [-0.4, -0.2) is 133 Å². The van der Waals surface area contributed by atoms with Crippen LogP contribution < -0.4 is 11.1 Å². The Morgan fingerprint density at radius 2 is 1.81 bits per heavy atom. The molecule has 3 heterocycles. The highest BCUT2D eigenvalue weighted by Crippen LogP contribution is 2.57. The number of hydrogen-bond acceptors (Lipinski definition) is 17. The number of nitrogen functional groups attached to an aromatic ring is 1. The predicted molar refractivity (Wildman–Crippen MR) is 133 cm³/mol. The summed E-state index contributed by atoms with van der Waals surface area (Å²) in [6.07, 6.45) is -7.92. The number of aldehydes is 1. The lowest BCUT2D eigenvalue weighted by atomic mass is 10.0. The van der Waals surface area contributed by atoms with E-state index in [9.17, 15) is 44.0 Å². The quantitative estimate of drug-likeness (QED) is 0.0758. The monoisotopic (exact) mass is 648 g/mol. The summed E-state index contributed by atoms with van der Waals surface area (Å²) in [5, 5.41) is 58.4. The molecular formula is C18H30N6O16P2. The zero-order valence-corrected chi connectivity index (χ0v) is 23.2. The van der Waals surface area contributed by atoms with Crippen LogP contribution in [0.3, 0.4) is 0 Å². The molecule has 1 aliphatic heterocycles. The molecule has 1 fully saturated rings. The molecule has 0 radical (unpaired) electrons. The fourth-order valence-corrected chi connectivity index (χ4v) is 5.06. The van der Waals surface area contributed by atoms with Crippen LogP contribution in [0.1, 0.15) is 13.2 Å². The summed E-state index contributed by atoms with van der Waals surface area (Å²) in [4.78, 5) is 59.2. The Labute approximate surface area is 235 Å². The molecule has 1 unspecified atom stereocenters. The maximum Gasteiger partial charge on any atom is 0.481 e. The van der Waals surface area contributed by atoms with Gasteiger partial charge in [0.15, 0.2) is 17.7 Å². The molecule has 2 aromatic rings. The normalized spacial score (nSPS) is 25.0. The van der Waals surface area contributed by atoms with Gasteiger partial charge in [-0.3, -0.25) is 13.9 Å². The van der Waals surface area contributed by atoms with E-state index in [1.54, 1.807) is 0 Å². The molecule has 1 amide bonds. The number of imidazole rings is 1. The van der Waals surface area contributed by atoms with E-state index in [2.05, 4.69) is 29.1 Å². The number of rotatable bonds is 12. The second kappa shape index (κ2) is 14.8. The zero-order valence-electron chi connectivity index (χ0n) is 21.4. The van der Waals surface area contributed by atoms with Crippen molar-refractivity contribution in [2.24, 2.45) is 0 Å². The van der Waals surface area contributed by atoms with Gasteiger partial charge in [0.05, 0.1) is 19.5 Å². The molecule has 1 saturated heterocycles. The standard InChI is InChI=1S/C10H15N5O10P2.C8H15NO6/c11-8-5-9(13-2-12-8)15(3-14-5)10-7(17)6(16)4(24-10)1-23-27(21,22)25-26(18,19)20;1-4(12)9-5(2-10)7(14)8(15)6(13)3-11/h2-4,6-7,10,16-17H,1H2,(H,21,22)(H2,11,12,13)(H2,18,19,20);2,5-8,11,13-15H,3H2,1H3,(H,9,12)/t4-,6-,7-,10-;5-,6+,7+,8-/m10/s1. The van der Waals surface area contributed by atoms with Crippen LogP contribution in [0.2, 0.25) is 0 Å². The minimum absolute atomic E-state index is 0.0856. The maximum atomic E-state index is 11.5. The van der Waals surface area contributed by atoms with Crippen LogP contribution in [0.25, 0.3) is 11.2 Å². The number of phosphoric acid groups is 2. The molecule has 22 nitrogen and oxygen atoms in total. The molecule has 24 heteroatoms. The number of phosphoric ester groups is 1.